The number of hydrogen-bond donors (Lipinski definition) is 2. The molecule has 0 aromatic heterocycles. The van der Waals surface area contributed by atoms with E-state index in [2.05, 4.69) is 5.32 Å². The number of nitrogens with two attached hydrogens (primary N) is 1. The third kappa shape index (κ3) is 7.36. The number of ether oxygens (including phenoxy) is 3. The van der Waals surface area contributed by atoms with E-state index in [9.17, 15) is 12.8 Å². The molecule has 3 N–H and O–H groups in total. The molecule has 0 bridgehead atoms. The standard InChI is InChI=1S/C19H25FN2O5S.ClH/c1-13(10-14-4-6-17(26-3)19(11-14)28(21,23)24)22-8-9-27-18-12-15(20)5-7-16(18)25-2;/h4-7,11-13,22H,8-10H2,1-3H3,(H2,21,23,24);1H. The zero-order valence-corrected chi connectivity index (χ0v) is 18.1. The summed E-state index contributed by atoms with van der Waals surface area (Å²) in [4.78, 5) is -0.0405. The van der Waals surface area contributed by atoms with Gasteiger partial charge in [-0.2, -0.15) is 0 Å². The fourth-order valence-electron chi connectivity index (χ4n) is 2.73. The van der Waals surface area contributed by atoms with Gasteiger partial charge in [0.1, 0.15) is 23.1 Å². The van der Waals surface area contributed by atoms with E-state index < -0.39 is 15.8 Å². The lowest BCUT2D eigenvalue weighted by Gasteiger charge is -2.16. The minimum absolute atomic E-state index is 0. The summed E-state index contributed by atoms with van der Waals surface area (Å²) < 4.78 is 52.5. The van der Waals surface area contributed by atoms with Gasteiger partial charge in [0, 0.05) is 18.7 Å². The smallest absolute Gasteiger partial charge is 0.241 e. The van der Waals surface area contributed by atoms with Gasteiger partial charge in [0.15, 0.2) is 11.5 Å². The Balaban J connectivity index is 0.00000420. The monoisotopic (exact) mass is 448 g/mol. The molecule has 0 fully saturated rings. The molecule has 0 saturated carbocycles. The molecule has 0 radical (unpaired) electrons. The van der Waals surface area contributed by atoms with Crippen LogP contribution in [-0.4, -0.2) is 41.8 Å². The van der Waals surface area contributed by atoms with E-state index in [1.54, 1.807) is 12.1 Å². The molecule has 0 aliphatic heterocycles. The topological polar surface area (TPSA) is 99.9 Å². The molecule has 10 heteroatoms. The predicted molar refractivity (Wildman–Crippen MR) is 111 cm³/mol. The van der Waals surface area contributed by atoms with E-state index in [-0.39, 0.29) is 29.1 Å². The van der Waals surface area contributed by atoms with Gasteiger partial charge in [-0.25, -0.2) is 17.9 Å². The van der Waals surface area contributed by atoms with E-state index in [4.69, 9.17) is 19.3 Å². The highest BCUT2D eigenvalue weighted by Crippen LogP contribution is 2.27. The molecule has 162 valence electrons. The largest absolute Gasteiger partial charge is 0.495 e. The first-order valence-corrected chi connectivity index (χ1v) is 10.2. The van der Waals surface area contributed by atoms with Gasteiger partial charge in [-0.15, -0.1) is 12.4 Å². The number of methoxy groups -OCH3 is 2. The predicted octanol–water partition coefficient (Wildman–Crippen LogP) is 2.51. The zero-order chi connectivity index (χ0) is 20.7. The summed E-state index contributed by atoms with van der Waals surface area (Å²) >= 11 is 0. The van der Waals surface area contributed by atoms with E-state index in [1.165, 1.54) is 38.5 Å². The van der Waals surface area contributed by atoms with Gasteiger partial charge in [0.25, 0.3) is 0 Å². The maximum Gasteiger partial charge on any atom is 0.241 e. The van der Waals surface area contributed by atoms with Crippen LogP contribution < -0.4 is 24.7 Å². The minimum Gasteiger partial charge on any atom is -0.495 e. The number of halogens is 2. The van der Waals surface area contributed by atoms with Crippen LogP contribution in [0.1, 0.15) is 12.5 Å². The Morgan fingerprint density at radius 2 is 1.72 bits per heavy atom. The minimum atomic E-state index is -3.87. The first-order chi connectivity index (χ1) is 13.2. The first-order valence-electron chi connectivity index (χ1n) is 8.64. The lowest BCUT2D eigenvalue weighted by atomic mass is 10.1. The summed E-state index contributed by atoms with van der Waals surface area (Å²) in [6.07, 6.45) is 0.579. The van der Waals surface area contributed by atoms with Crippen molar-refractivity contribution < 1.29 is 27.0 Å². The van der Waals surface area contributed by atoms with E-state index in [0.29, 0.717) is 31.1 Å². The molecule has 2 aromatic rings. The van der Waals surface area contributed by atoms with Crippen LogP contribution in [0.15, 0.2) is 41.3 Å². The van der Waals surface area contributed by atoms with Crippen molar-refractivity contribution in [3.63, 3.8) is 0 Å². The maximum absolute atomic E-state index is 13.3. The highest BCUT2D eigenvalue weighted by Gasteiger charge is 2.16. The average Bonchev–Trinajstić information content (AvgIpc) is 2.64. The molecule has 2 aromatic carbocycles. The van der Waals surface area contributed by atoms with Gasteiger partial charge < -0.3 is 19.5 Å². The summed E-state index contributed by atoms with van der Waals surface area (Å²) in [6.45, 7) is 2.79. The number of sulfonamides is 1. The second-order valence-corrected chi connectivity index (χ2v) is 7.76. The summed E-state index contributed by atoms with van der Waals surface area (Å²) in [6, 6.07) is 9.01. The normalized spacial score (nSPS) is 12.0. The lowest BCUT2D eigenvalue weighted by molar-refractivity contribution is 0.285. The maximum atomic E-state index is 13.3. The summed E-state index contributed by atoms with van der Waals surface area (Å²) in [5.41, 5.74) is 0.803. The molecular weight excluding hydrogens is 423 g/mol. The molecule has 0 spiro atoms. The van der Waals surface area contributed by atoms with Crippen LogP contribution in [0, 0.1) is 5.82 Å². The molecule has 0 heterocycles. The van der Waals surface area contributed by atoms with Crippen molar-refractivity contribution in [1.82, 2.24) is 5.32 Å². The molecule has 1 unspecified atom stereocenters. The molecule has 0 aliphatic carbocycles. The van der Waals surface area contributed by atoms with Gasteiger partial charge in [-0.05, 0) is 43.2 Å². The number of primary sulfonamides is 1. The Labute approximate surface area is 176 Å². The Morgan fingerprint density at radius 1 is 1.07 bits per heavy atom. The van der Waals surface area contributed by atoms with Crippen molar-refractivity contribution in [2.75, 3.05) is 27.4 Å². The zero-order valence-electron chi connectivity index (χ0n) is 16.5. The van der Waals surface area contributed by atoms with Gasteiger partial charge >= 0.3 is 0 Å². The van der Waals surface area contributed by atoms with Gasteiger partial charge in [-0.1, -0.05) is 6.07 Å². The molecule has 0 saturated heterocycles. The van der Waals surface area contributed by atoms with E-state index in [1.807, 2.05) is 6.92 Å². The third-order valence-electron chi connectivity index (χ3n) is 4.05. The van der Waals surface area contributed by atoms with Crippen LogP contribution >= 0.6 is 12.4 Å². The van der Waals surface area contributed by atoms with Gasteiger partial charge in [0.2, 0.25) is 10.0 Å². The van der Waals surface area contributed by atoms with Crippen molar-refractivity contribution in [2.24, 2.45) is 5.14 Å². The van der Waals surface area contributed by atoms with E-state index >= 15 is 0 Å². The second kappa shape index (κ2) is 11.2. The SMILES string of the molecule is COc1ccc(F)cc1OCCNC(C)Cc1ccc(OC)c(S(N)(=O)=O)c1.Cl. The number of benzene rings is 2. The Kier molecular flexibility index (Phi) is 9.64. The molecular formula is C19H26ClFN2O5S. The first kappa shape index (κ1) is 25.0. The van der Waals surface area contributed by atoms with Gasteiger partial charge in [-0.3, -0.25) is 0 Å². The molecule has 7 nitrogen and oxygen atoms in total. The summed E-state index contributed by atoms with van der Waals surface area (Å²) in [5.74, 6) is 0.611. The van der Waals surface area contributed by atoms with Crippen LogP contribution in [0.2, 0.25) is 0 Å². The number of nitrogens with one attached hydrogen (secondary N) is 1. The fraction of sp³-hybridized carbons (Fsp3) is 0.368. The van der Waals surface area contributed by atoms with Crippen LogP contribution in [-0.2, 0) is 16.4 Å². The van der Waals surface area contributed by atoms with Crippen molar-refractivity contribution >= 4 is 22.4 Å². The average molecular weight is 449 g/mol. The van der Waals surface area contributed by atoms with E-state index in [0.717, 1.165) is 5.56 Å². The van der Waals surface area contributed by atoms with Crippen LogP contribution in [0.25, 0.3) is 0 Å². The highest BCUT2D eigenvalue weighted by atomic mass is 35.5. The Morgan fingerprint density at radius 3 is 2.34 bits per heavy atom. The summed E-state index contributed by atoms with van der Waals surface area (Å²) in [7, 11) is -0.992. The molecule has 1 atom stereocenters. The van der Waals surface area contributed by atoms with Crippen LogP contribution in [0.5, 0.6) is 17.2 Å². The number of hydrogen-bond acceptors (Lipinski definition) is 6. The molecule has 0 aliphatic rings. The van der Waals surface area contributed by atoms with Crippen LogP contribution in [0.4, 0.5) is 4.39 Å². The number of rotatable bonds is 10. The van der Waals surface area contributed by atoms with Crippen molar-refractivity contribution in [2.45, 2.75) is 24.3 Å². The third-order valence-corrected chi connectivity index (χ3v) is 4.99. The highest BCUT2D eigenvalue weighted by molar-refractivity contribution is 7.89. The molecule has 0 amide bonds. The van der Waals surface area contributed by atoms with Crippen LogP contribution in [0.3, 0.4) is 0 Å². The lowest BCUT2D eigenvalue weighted by Crippen LogP contribution is -2.32. The quantitative estimate of drug-likeness (QED) is 0.542. The van der Waals surface area contributed by atoms with Crippen molar-refractivity contribution in [1.29, 1.82) is 0 Å². The fourth-order valence-corrected chi connectivity index (χ4v) is 3.47. The summed E-state index contributed by atoms with van der Waals surface area (Å²) in [5, 5.41) is 8.51. The van der Waals surface area contributed by atoms with Gasteiger partial charge in [0.05, 0.1) is 14.2 Å². The Bertz CT molecular complexity index is 911. The second-order valence-electron chi connectivity index (χ2n) is 6.23. The Hall–Kier alpha value is -2.07. The van der Waals surface area contributed by atoms with Crippen molar-refractivity contribution in [3.05, 3.63) is 47.8 Å². The molecule has 29 heavy (non-hydrogen) atoms. The van der Waals surface area contributed by atoms with Crippen molar-refractivity contribution in [3.8, 4) is 17.2 Å². The molecule has 2 rings (SSSR count).